The maximum absolute atomic E-state index is 11.7. The molecular formula is C19H33NOS. The zero-order valence-corrected chi connectivity index (χ0v) is 15.1. The summed E-state index contributed by atoms with van der Waals surface area (Å²) in [4.78, 5) is 11.7. The first-order valence-corrected chi connectivity index (χ1v) is 10.0. The molecular weight excluding hydrogens is 290 g/mol. The molecule has 1 N–H and O–H groups in total. The van der Waals surface area contributed by atoms with Crippen LogP contribution in [0.25, 0.3) is 0 Å². The van der Waals surface area contributed by atoms with Crippen LogP contribution in [0.5, 0.6) is 0 Å². The minimum absolute atomic E-state index is 0.162. The van der Waals surface area contributed by atoms with Crippen molar-refractivity contribution in [2.75, 3.05) is 5.32 Å². The summed E-state index contributed by atoms with van der Waals surface area (Å²) in [7, 11) is 0. The van der Waals surface area contributed by atoms with Crippen molar-refractivity contribution in [1.29, 1.82) is 0 Å². The fourth-order valence-electron chi connectivity index (χ4n) is 2.68. The molecule has 1 rings (SSSR count). The Morgan fingerprint density at radius 3 is 1.95 bits per heavy atom. The molecule has 22 heavy (non-hydrogen) atoms. The highest BCUT2D eigenvalue weighted by atomic mass is 32.1. The highest BCUT2D eigenvalue weighted by Gasteiger charge is 2.02. The molecule has 1 aromatic heterocycles. The normalized spacial score (nSPS) is 10.8. The molecule has 0 bridgehead atoms. The van der Waals surface area contributed by atoms with E-state index in [1.54, 1.807) is 11.3 Å². The summed E-state index contributed by atoms with van der Waals surface area (Å²) in [6.07, 6.45) is 16.7. The Hall–Kier alpha value is -0.830. The van der Waals surface area contributed by atoms with Gasteiger partial charge in [-0.2, -0.15) is 0 Å². The molecule has 3 heteroatoms. The third-order valence-corrected chi connectivity index (χ3v) is 4.83. The quantitative estimate of drug-likeness (QED) is 0.376. The van der Waals surface area contributed by atoms with Crippen LogP contribution in [0.1, 0.15) is 90.4 Å². The summed E-state index contributed by atoms with van der Waals surface area (Å²) in [5.74, 6) is 0.162. The summed E-state index contributed by atoms with van der Waals surface area (Å²) in [6, 6.07) is 3.91. The van der Waals surface area contributed by atoms with E-state index in [1.807, 2.05) is 17.5 Å². The van der Waals surface area contributed by atoms with Crippen LogP contribution in [0.4, 0.5) is 5.00 Å². The lowest BCUT2D eigenvalue weighted by Gasteiger charge is -2.03. The number of hydrogen-bond acceptors (Lipinski definition) is 2. The molecule has 0 aromatic carbocycles. The van der Waals surface area contributed by atoms with Gasteiger partial charge in [-0.05, 0) is 23.9 Å². The maximum Gasteiger partial charge on any atom is 0.224 e. The van der Waals surface area contributed by atoms with E-state index in [4.69, 9.17) is 0 Å². The van der Waals surface area contributed by atoms with Gasteiger partial charge in [-0.1, -0.05) is 77.6 Å². The summed E-state index contributed by atoms with van der Waals surface area (Å²) in [5, 5.41) is 5.89. The Morgan fingerprint density at radius 2 is 1.45 bits per heavy atom. The van der Waals surface area contributed by atoms with Crippen LogP contribution in [-0.2, 0) is 4.79 Å². The van der Waals surface area contributed by atoms with Gasteiger partial charge in [-0.25, -0.2) is 0 Å². The highest BCUT2D eigenvalue weighted by molar-refractivity contribution is 7.14. The first-order chi connectivity index (χ1) is 10.8. The lowest BCUT2D eigenvalue weighted by atomic mass is 10.0. The van der Waals surface area contributed by atoms with Crippen molar-refractivity contribution in [3.8, 4) is 0 Å². The van der Waals surface area contributed by atoms with E-state index >= 15 is 0 Å². The van der Waals surface area contributed by atoms with Crippen molar-refractivity contribution in [3.63, 3.8) is 0 Å². The van der Waals surface area contributed by atoms with Crippen LogP contribution in [-0.4, -0.2) is 5.91 Å². The van der Waals surface area contributed by atoms with Crippen LogP contribution in [0, 0.1) is 0 Å². The molecule has 0 saturated carbocycles. The first-order valence-electron chi connectivity index (χ1n) is 9.16. The molecule has 0 fully saturated rings. The van der Waals surface area contributed by atoms with Gasteiger partial charge in [0.25, 0.3) is 0 Å². The molecule has 0 spiro atoms. The Kier molecular flexibility index (Phi) is 12.1. The maximum atomic E-state index is 11.7. The number of amides is 1. The standard InChI is InChI=1S/C19H33NOS/c1-2-3-4-5-6-7-8-9-10-11-12-13-15-18(21)20-19-16-14-17-22-19/h14,16-17H,2-13,15H2,1H3,(H,20,21). The van der Waals surface area contributed by atoms with E-state index in [0.717, 1.165) is 11.4 Å². The predicted molar refractivity (Wildman–Crippen MR) is 98.6 cm³/mol. The van der Waals surface area contributed by atoms with E-state index in [-0.39, 0.29) is 5.91 Å². The Morgan fingerprint density at radius 1 is 0.909 bits per heavy atom. The Balaban J connectivity index is 1.79. The second kappa shape index (κ2) is 13.8. The highest BCUT2D eigenvalue weighted by Crippen LogP contribution is 2.16. The third-order valence-electron chi connectivity index (χ3n) is 4.04. The number of nitrogens with one attached hydrogen (secondary N) is 1. The molecule has 1 heterocycles. The number of rotatable bonds is 14. The van der Waals surface area contributed by atoms with Crippen LogP contribution in [0.2, 0.25) is 0 Å². The molecule has 126 valence electrons. The largest absolute Gasteiger partial charge is 0.318 e. The topological polar surface area (TPSA) is 29.1 Å². The van der Waals surface area contributed by atoms with Gasteiger partial charge < -0.3 is 5.32 Å². The van der Waals surface area contributed by atoms with E-state index in [0.29, 0.717) is 6.42 Å². The average molecular weight is 324 g/mol. The number of hydrogen-bond donors (Lipinski definition) is 1. The molecule has 0 saturated heterocycles. The zero-order chi connectivity index (χ0) is 15.9. The zero-order valence-electron chi connectivity index (χ0n) is 14.2. The lowest BCUT2D eigenvalue weighted by Crippen LogP contribution is -2.09. The van der Waals surface area contributed by atoms with Crippen molar-refractivity contribution in [3.05, 3.63) is 17.5 Å². The summed E-state index contributed by atoms with van der Waals surface area (Å²) in [6.45, 7) is 2.27. The van der Waals surface area contributed by atoms with Gasteiger partial charge in [-0.15, -0.1) is 11.3 Å². The van der Waals surface area contributed by atoms with Crippen molar-refractivity contribution in [2.45, 2.75) is 90.4 Å². The molecule has 0 atom stereocenters. The van der Waals surface area contributed by atoms with Gasteiger partial charge >= 0.3 is 0 Å². The van der Waals surface area contributed by atoms with Gasteiger partial charge in [0.1, 0.15) is 0 Å². The van der Waals surface area contributed by atoms with Gasteiger partial charge in [0.2, 0.25) is 5.91 Å². The molecule has 0 aliphatic rings. The lowest BCUT2D eigenvalue weighted by molar-refractivity contribution is -0.116. The van der Waals surface area contributed by atoms with Gasteiger partial charge in [0.15, 0.2) is 0 Å². The van der Waals surface area contributed by atoms with Crippen LogP contribution >= 0.6 is 11.3 Å². The second-order valence-corrected chi connectivity index (χ2v) is 7.11. The SMILES string of the molecule is CCCCCCCCCCCCCCC(=O)Nc1cccs1. The predicted octanol–water partition coefficient (Wildman–Crippen LogP) is 6.78. The molecule has 0 aliphatic carbocycles. The van der Waals surface area contributed by atoms with Gasteiger partial charge in [0, 0.05) is 6.42 Å². The smallest absolute Gasteiger partial charge is 0.224 e. The first kappa shape index (κ1) is 19.2. The van der Waals surface area contributed by atoms with Gasteiger partial charge in [0.05, 0.1) is 5.00 Å². The van der Waals surface area contributed by atoms with Crippen molar-refractivity contribution in [1.82, 2.24) is 0 Å². The van der Waals surface area contributed by atoms with Crippen molar-refractivity contribution < 1.29 is 4.79 Å². The van der Waals surface area contributed by atoms with Crippen LogP contribution < -0.4 is 5.32 Å². The molecule has 0 unspecified atom stereocenters. The average Bonchev–Trinajstić information content (AvgIpc) is 3.01. The van der Waals surface area contributed by atoms with E-state index < -0.39 is 0 Å². The van der Waals surface area contributed by atoms with Gasteiger partial charge in [-0.3, -0.25) is 4.79 Å². The molecule has 2 nitrogen and oxygen atoms in total. The summed E-state index contributed by atoms with van der Waals surface area (Å²) >= 11 is 1.58. The van der Waals surface area contributed by atoms with E-state index in [1.165, 1.54) is 70.6 Å². The summed E-state index contributed by atoms with van der Waals surface area (Å²) in [5.41, 5.74) is 0. The fourth-order valence-corrected chi connectivity index (χ4v) is 3.31. The fraction of sp³-hybridized carbons (Fsp3) is 0.737. The molecule has 0 radical (unpaired) electrons. The van der Waals surface area contributed by atoms with E-state index in [2.05, 4.69) is 12.2 Å². The molecule has 0 aliphatic heterocycles. The van der Waals surface area contributed by atoms with E-state index in [9.17, 15) is 4.79 Å². The number of unbranched alkanes of at least 4 members (excludes halogenated alkanes) is 11. The van der Waals surface area contributed by atoms with Crippen LogP contribution in [0.3, 0.4) is 0 Å². The number of anilines is 1. The minimum Gasteiger partial charge on any atom is -0.318 e. The molecule has 1 amide bonds. The minimum atomic E-state index is 0.162. The Bertz CT molecular complexity index is 362. The number of thiophene rings is 1. The molecule has 1 aromatic rings. The van der Waals surface area contributed by atoms with Crippen molar-refractivity contribution >= 4 is 22.2 Å². The third kappa shape index (κ3) is 10.8. The van der Waals surface area contributed by atoms with Crippen LogP contribution in [0.15, 0.2) is 17.5 Å². The Labute approximate surface area is 140 Å². The monoisotopic (exact) mass is 323 g/mol. The second-order valence-electron chi connectivity index (χ2n) is 6.16. The summed E-state index contributed by atoms with van der Waals surface area (Å²) < 4.78 is 0. The number of carbonyl (C=O) groups is 1. The van der Waals surface area contributed by atoms with Crippen molar-refractivity contribution in [2.24, 2.45) is 0 Å². The number of carbonyl (C=O) groups excluding carboxylic acids is 1.